The number of rotatable bonds is 4. The molecule has 5 nitrogen and oxygen atoms in total. The van der Waals surface area contributed by atoms with Gasteiger partial charge in [0.2, 0.25) is 5.91 Å². The fourth-order valence-corrected chi connectivity index (χ4v) is 0.182. The number of carboxylic acid groups (broad SMARTS) is 1. The zero-order valence-electron chi connectivity index (χ0n) is 9.92. The summed E-state index contributed by atoms with van der Waals surface area (Å²) in [7, 11) is 0. The lowest BCUT2D eigenvalue weighted by molar-refractivity contribution is -0.138. The van der Waals surface area contributed by atoms with Gasteiger partial charge in [-0.2, -0.15) is 0 Å². The number of primary amides is 1. The number of carbonyl (C=O) groups excluding carboxylic acids is 1. The maximum atomic E-state index is 10.6. The third-order valence-electron chi connectivity index (χ3n) is 0.551. The van der Waals surface area contributed by atoms with E-state index in [4.69, 9.17) is 17.7 Å². The van der Waals surface area contributed by atoms with Crippen molar-refractivity contribution in [3.05, 3.63) is 0 Å². The highest BCUT2D eigenvalue weighted by Crippen LogP contribution is 1.92. The Balaban J connectivity index is 5.50. The summed E-state index contributed by atoms with van der Waals surface area (Å²) in [5.74, 6) is -3.83. The molecular weight excluding hydrogens is 136 g/mol. The quantitative estimate of drug-likeness (QED) is 0.462. The van der Waals surface area contributed by atoms with Crippen molar-refractivity contribution in [3.8, 4) is 0 Å². The lowest BCUT2D eigenvalue weighted by atomic mass is 10.2. The molecular formula is C5H10N2O3. The van der Waals surface area contributed by atoms with Crippen LogP contribution in [0.5, 0.6) is 0 Å². The van der Waals surface area contributed by atoms with Crippen LogP contribution in [-0.2, 0) is 9.59 Å². The third-order valence-corrected chi connectivity index (χ3v) is 0.551. The van der Waals surface area contributed by atoms with Crippen LogP contribution in [-0.4, -0.2) is 23.0 Å². The first-order chi connectivity index (χ1) is 6.39. The van der Waals surface area contributed by atoms with Gasteiger partial charge in [-0.05, 0) is 6.37 Å². The molecule has 0 rings (SSSR count). The van der Waals surface area contributed by atoms with E-state index < -0.39 is 30.6 Å². The van der Waals surface area contributed by atoms with E-state index in [2.05, 4.69) is 5.73 Å². The van der Waals surface area contributed by atoms with E-state index in [0.29, 0.717) is 0 Å². The summed E-state index contributed by atoms with van der Waals surface area (Å²) < 4.78 is 35.1. The van der Waals surface area contributed by atoms with E-state index in [0.717, 1.165) is 0 Å². The zero-order valence-corrected chi connectivity index (χ0v) is 4.92. The second-order valence-corrected chi connectivity index (χ2v) is 1.33. The average molecular weight is 151 g/mol. The van der Waals surface area contributed by atoms with Crippen LogP contribution >= 0.6 is 0 Å². The summed E-state index contributed by atoms with van der Waals surface area (Å²) in [4.78, 5) is 21.1. The number of carboxylic acids is 1. The third kappa shape index (κ3) is 3.85. The molecule has 1 amide bonds. The zero-order chi connectivity index (χ0) is 12.7. The maximum Gasteiger partial charge on any atom is 0.320 e. The van der Waals surface area contributed by atoms with E-state index in [1.807, 2.05) is 0 Å². The fraction of sp³-hybridized carbons (Fsp3) is 0.600. The van der Waals surface area contributed by atoms with Crippen LogP contribution in [0.2, 0.25) is 0 Å². The minimum Gasteiger partial charge on any atom is -0.480 e. The van der Waals surface area contributed by atoms with Crippen molar-refractivity contribution < 1.29 is 21.5 Å². The van der Waals surface area contributed by atoms with E-state index in [-0.39, 0.29) is 0 Å². The second-order valence-electron chi connectivity index (χ2n) is 1.33. The van der Waals surface area contributed by atoms with Gasteiger partial charge in [0.15, 0.2) is 0 Å². The van der Waals surface area contributed by atoms with Crippen LogP contribution in [0.4, 0.5) is 0 Å². The SMILES string of the molecule is [2H]C([2H])(C(N)=O)C([2H])([2H])[C@]([2H])(N)C(=O)O. The Hall–Kier alpha value is -1.10. The molecule has 5 heteroatoms. The van der Waals surface area contributed by atoms with Crippen LogP contribution < -0.4 is 11.5 Å². The normalized spacial score (nSPS) is 25.9. The average Bonchev–Trinajstić information content (AvgIpc) is 2.02. The monoisotopic (exact) mass is 151 g/mol. The number of aliphatic carboxylic acids is 1. The summed E-state index contributed by atoms with van der Waals surface area (Å²) >= 11 is 0. The molecule has 5 N–H and O–H groups in total. The smallest absolute Gasteiger partial charge is 0.320 e. The number of amides is 1. The van der Waals surface area contributed by atoms with Crippen molar-refractivity contribution in [1.29, 1.82) is 0 Å². The summed E-state index contributed by atoms with van der Waals surface area (Å²) in [6, 6.07) is -3.31. The van der Waals surface area contributed by atoms with Gasteiger partial charge in [-0.1, -0.05) is 0 Å². The lowest BCUT2D eigenvalue weighted by Crippen LogP contribution is -2.31. The highest BCUT2D eigenvalue weighted by atomic mass is 16.4. The molecule has 0 aromatic heterocycles. The van der Waals surface area contributed by atoms with Gasteiger partial charge in [-0.3, -0.25) is 9.59 Å². The predicted octanol–water partition coefficient (Wildman–Crippen LogP) is -1.34. The van der Waals surface area contributed by atoms with Gasteiger partial charge in [0.25, 0.3) is 0 Å². The molecule has 0 fully saturated rings. The van der Waals surface area contributed by atoms with E-state index in [1.54, 1.807) is 0 Å². The standard InChI is InChI=1S/C5H10N2O3/c6-3(5(9)10)1-2-4(7)8/h3H,1-2,6H2,(H2,7,8)(H,9,10)/t3-/m0/s1/i1D2,2D2,3D. The van der Waals surface area contributed by atoms with Crippen molar-refractivity contribution >= 4 is 11.9 Å². The maximum absolute atomic E-state index is 10.6. The topological polar surface area (TPSA) is 106 Å². The molecule has 58 valence electrons. The van der Waals surface area contributed by atoms with Crippen molar-refractivity contribution in [1.82, 2.24) is 0 Å². The van der Waals surface area contributed by atoms with E-state index in [9.17, 15) is 9.59 Å². The number of nitrogens with two attached hydrogens (primary N) is 2. The highest BCUT2D eigenvalue weighted by Gasteiger charge is 2.11. The molecule has 0 aliphatic carbocycles. The molecule has 0 aliphatic heterocycles. The van der Waals surface area contributed by atoms with Crippen molar-refractivity contribution in [2.75, 3.05) is 0 Å². The Labute approximate surface area is 65.0 Å². The molecule has 0 bridgehead atoms. The Kier molecular flexibility index (Phi) is 1.28. The van der Waals surface area contributed by atoms with Gasteiger partial charge in [-0.15, -0.1) is 0 Å². The van der Waals surface area contributed by atoms with Crippen molar-refractivity contribution in [2.45, 2.75) is 18.8 Å². The van der Waals surface area contributed by atoms with Crippen molar-refractivity contribution in [3.63, 3.8) is 0 Å². The molecule has 1 atom stereocenters. The van der Waals surface area contributed by atoms with Crippen LogP contribution in [0.15, 0.2) is 0 Å². The molecule has 0 unspecified atom stereocenters. The predicted molar refractivity (Wildman–Crippen MR) is 34.0 cm³/mol. The molecule has 10 heavy (non-hydrogen) atoms. The Morgan fingerprint density at radius 3 is 2.60 bits per heavy atom. The van der Waals surface area contributed by atoms with Crippen LogP contribution in [0.25, 0.3) is 0 Å². The molecule has 0 aromatic rings. The van der Waals surface area contributed by atoms with Crippen molar-refractivity contribution in [2.24, 2.45) is 11.5 Å². The first kappa shape index (κ1) is 3.34. The van der Waals surface area contributed by atoms with Crippen LogP contribution in [0.1, 0.15) is 19.6 Å². The number of hydrogen-bond donors (Lipinski definition) is 3. The molecule has 0 spiro atoms. The second kappa shape index (κ2) is 3.84. The minimum absolute atomic E-state index is 1.73. The Morgan fingerprint density at radius 1 is 1.80 bits per heavy atom. The largest absolute Gasteiger partial charge is 0.480 e. The first-order valence-corrected chi connectivity index (χ1v) is 2.21. The molecule has 0 heterocycles. The summed E-state index contributed by atoms with van der Waals surface area (Å²) in [5, 5.41) is 8.45. The van der Waals surface area contributed by atoms with Gasteiger partial charge in [-0.25, -0.2) is 0 Å². The molecule has 0 saturated heterocycles. The van der Waals surface area contributed by atoms with Crippen LogP contribution in [0.3, 0.4) is 0 Å². The number of hydrogen-bond acceptors (Lipinski definition) is 3. The van der Waals surface area contributed by atoms with E-state index >= 15 is 0 Å². The lowest BCUT2D eigenvalue weighted by Gasteiger charge is -2.01. The Morgan fingerprint density at radius 2 is 2.30 bits per heavy atom. The summed E-state index contributed by atoms with van der Waals surface area (Å²) in [6.45, 7) is 0. The number of carbonyl (C=O) groups is 2. The summed E-state index contributed by atoms with van der Waals surface area (Å²) in [6.07, 6.45) is -6.82. The highest BCUT2D eigenvalue weighted by molar-refractivity contribution is 5.76. The Bertz CT molecular complexity index is 275. The minimum atomic E-state index is -3.46. The molecule has 0 aromatic carbocycles. The van der Waals surface area contributed by atoms with Gasteiger partial charge < -0.3 is 16.6 Å². The molecule has 0 saturated carbocycles. The fourth-order valence-electron chi connectivity index (χ4n) is 0.182. The molecule has 0 radical (unpaired) electrons. The first-order valence-electron chi connectivity index (χ1n) is 4.71. The van der Waals surface area contributed by atoms with E-state index in [1.165, 1.54) is 0 Å². The van der Waals surface area contributed by atoms with Gasteiger partial charge in [0.05, 0.1) is 1.37 Å². The summed E-state index contributed by atoms with van der Waals surface area (Å²) in [5.41, 5.74) is 9.37. The van der Waals surface area contributed by atoms with Crippen LogP contribution in [0, 0.1) is 0 Å². The molecule has 0 aliphatic rings. The van der Waals surface area contributed by atoms with Gasteiger partial charge >= 0.3 is 5.97 Å². The van der Waals surface area contributed by atoms with Gasteiger partial charge in [0.1, 0.15) is 6.02 Å². The van der Waals surface area contributed by atoms with Gasteiger partial charge in [0, 0.05) is 11.9 Å².